The summed E-state index contributed by atoms with van der Waals surface area (Å²) < 4.78 is 1.42. The first kappa shape index (κ1) is 18.0. The van der Waals surface area contributed by atoms with Gasteiger partial charge in [-0.1, -0.05) is 46.4 Å². The Kier molecular flexibility index (Phi) is 5.20. The normalized spacial score (nSPS) is 10.8. The van der Waals surface area contributed by atoms with E-state index in [1.54, 1.807) is 31.2 Å². The third-order valence-electron chi connectivity index (χ3n) is 3.24. The standard InChI is InChI=1S/C16H10Cl4N4O/c1-8-4-14(22-16(25)11-5-9(17)2-3-12(11)19)24(23-8)15-13(20)6-10(18)7-21-15/h2-7H,1H3,(H,22,25). The van der Waals surface area contributed by atoms with E-state index < -0.39 is 5.91 Å². The molecule has 1 amide bonds. The van der Waals surface area contributed by atoms with Crippen molar-refractivity contribution in [1.29, 1.82) is 0 Å². The van der Waals surface area contributed by atoms with Crippen molar-refractivity contribution in [2.24, 2.45) is 0 Å². The van der Waals surface area contributed by atoms with Crippen LogP contribution < -0.4 is 5.32 Å². The lowest BCUT2D eigenvalue weighted by molar-refractivity contribution is 0.102. The lowest BCUT2D eigenvalue weighted by Crippen LogP contribution is -2.16. The lowest BCUT2D eigenvalue weighted by Gasteiger charge is -2.10. The van der Waals surface area contributed by atoms with Crippen molar-refractivity contribution in [3.8, 4) is 5.82 Å². The monoisotopic (exact) mass is 414 g/mol. The second-order valence-electron chi connectivity index (χ2n) is 5.12. The third kappa shape index (κ3) is 3.90. The number of carbonyl (C=O) groups is 1. The fourth-order valence-corrected chi connectivity index (χ4v) is 3.00. The number of aromatic nitrogens is 3. The molecule has 0 saturated heterocycles. The van der Waals surface area contributed by atoms with E-state index in [-0.39, 0.29) is 10.6 Å². The van der Waals surface area contributed by atoms with Crippen LogP contribution in [0.1, 0.15) is 16.1 Å². The predicted octanol–water partition coefficient (Wildman–Crippen LogP) is 5.44. The van der Waals surface area contributed by atoms with Gasteiger partial charge in [-0.05, 0) is 31.2 Å². The quantitative estimate of drug-likeness (QED) is 0.619. The number of hydrogen-bond acceptors (Lipinski definition) is 3. The maximum atomic E-state index is 12.5. The van der Waals surface area contributed by atoms with Gasteiger partial charge < -0.3 is 5.32 Å². The van der Waals surface area contributed by atoms with Crippen LogP contribution in [-0.4, -0.2) is 20.7 Å². The maximum absolute atomic E-state index is 12.5. The summed E-state index contributed by atoms with van der Waals surface area (Å²) in [6, 6.07) is 7.87. The summed E-state index contributed by atoms with van der Waals surface area (Å²) in [5.74, 6) is 0.292. The number of pyridine rings is 1. The predicted molar refractivity (Wildman–Crippen MR) is 101 cm³/mol. The van der Waals surface area contributed by atoms with Crippen molar-refractivity contribution in [1.82, 2.24) is 14.8 Å². The number of hydrogen-bond donors (Lipinski definition) is 1. The minimum Gasteiger partial charge on any atom is -0.306 e. The molecule has 0 fully saturated rings. The van der Waals surface area contributed by atoms with Gasteiger partial charge in [0.25, 0.3) is 5.91 Å². The van der Waals surface area contributed by atoms with Crippen molar-refractivity contribution >= 4 is 58.1 Å². The summed E-state index contributed by atoms with van der Waals surface area (Å²) in [6.45, 7) is 1.78. The summed E-state index contributed by atoms with van der Waals surface area (Å²) >= 11 is 24.1. The number of halogens is 4. The summed E-state index contributed by atoms with van der Waals surface area (Å²) in [5, 5.41) is 8.44. The Morgan fingerprint density at radius 1 is 1.04 bits per heavy atom. The second kappa shape index (κ2) is 7.22. The van der Waals surface area contributed by atoms with E-state index in [1.807, 2.05) is 0 Å². The van der Waals surface area contributed by atoms with Gasteiger partial charge in [0.2, 0.25) is 0 Å². The molecule has 0 aliphatic heterocycles. The molecule has 0 aliphatic rings. The number of nitrogens with zero attached hydrogens (tertiary/aromatic N) is 3. The molecule has 0 radical (unpaired) electrons. The molecule has 1 N–H and O–H groups in total. The summed E-state index contributed by atoms with van der Waals surface area (Å²) in [5.41, 5.74) is 0.912. The fourth-order valence-electron chi connectivity index (χ4n) is 2.17. The number of rotatable bonds is 3. The summed E-state index contributed by atoms with van der Waals surface area (Å²) in [6.07, 6.45) is 1.44. The van der Waals surface area contributed by atoms with Crippen LogP contribution in [0.3, 0.4) is 0 Å². The molecule has 0 bridgehead atoms. The fraction of sp³-hybridized carbons (Fsp3) is 0.0625. The Bertz CT molecular complexity index is 971. The van der Waals surface area contributed by atoms with Gasteiger partial charge >= 0.3 is 0 Å². The lowest BCUT2D eigenvalue weighted by atomic mass is 10.2. The molecule has 3 aromatic rings. The zero-order valence-corrected chi connectivity index (χ0v) is 15.7. The Hall–Kier alpha value is -1.79. The highest BCUT2D eigenvalue weighted by atomic mass is 35.5. The maximum Gasteiger partial charge on any atom is 0.258 e. The van der Waals surface area contributed by atoms with Crippen molar-refractivity contribution in [2.45, 2.75) is 6.92 Å². The van der Waals surface area contributed by atoms with Gasteiger partial charge in [-0.2, -0.15) is 9.78 Å². The summed E-state index contributed by atoms with van der Waals surface area (Å²) in [4.78, 5) is 16.7. The van der Waals surface area contributed by atoms with Crippen LogP contribution in [0.4, 0.5) is 5.82 Å². The number of nitrogens with one attached hydrogen (secondary N) is 1. The van der Waals surface area contributed by atoms with Crippen LogP contribution in [0, 0.1) is 6.92 Å². The van der Waals surface area contributed by atoms with E-state index in [0.717, 1.165) is 0 Å². The molecule has 0 spiro atoms. The molecular weight excluding hydrogens is 406 g/mol. The molecule has 0 atom stereocenters. The van der Waals surface area contributed by atoms with Crippen molar-refractivity contribution < 1.29 is 4.79 Å². The molecule has 0 saturated carbocycles. The minimum absolute atomic E-state index is 0.245. The van der Waals surface area contributed by atoms with Gasteiger partial charge in [0, 0.05) is 17.3 Å². The van der Waals surface area contributed by atoms with Crippen molar-refractivity contribution in [3.63, 3.8) is 0 Å². The number of amides is 1. The molecule has 1 aromatic carbocycles. The average molecular weight is 416 g/mol. The molecule has 25 heavy (non-hydrogen) atoms. The highest BCUT2D eigenvalue weighted by molar-refractivity contribution is 6.36. The van der Waals surface area contributed by atoms with Crippen LogP contribution in [0.5, 0.6) is 0 Å². The minimum atomic E-state index is -0.432. The zero-order valence-electron chi connectivity index (χ0n) is 12.7. The smallest absolute Gasteiger partial charge is 0.258 e. The topological polar surface area (TPSA) is 59.8 Å². The number of carbonyl (C=O) groups excluding carboxylic acids is 1. The van der Waals surface area contributed by atoms with Gasteiger partial charge in [-0.15, -0.1) is 0 Å². The molecule has 2 heterocycles. The molecule has 128 valence electrons. The van der Waals surface area contributed by atoms with Crippen LogP contribution in [0.15, 0.2) is 36.5 Å². The van der Waals surface area contributed by atoms with E-state index in [1.165, 1.54) is 16.9 Å². The highest BCUT2D eigenvalue weighted by Crippen LogP contribution is 2.26. The average Bonchev–Trinajstić information content (AvgIpc) is 2.89. The molecule has 0 unspecified atom stereocenters. The van der Waals surface area contributed by atoms with Crippen LogP contribution in [0.2, 0.25) is 20.1 Å². The van der Waals surface area contributed by atoms with E-state index >= 15 is 0 Å². The second-order valence-corrected chi connectivity index (χ2v) is 6.81. The third-order valence-corrected chi connectivity index (χ3v) is 4.28. The van der Waals surface area contributed by atoms with Gasteiger partial charge in [-0.25, -0.2) is 4.98 Å². The van der Waals surface area contributed by atoms with Crippen molar-refractivity contribution in [3.05, 3.63) is 67.9 Å². The van der Waals surface area contributed by atoms with E-state index in [0.29, 0.717) is 32.4 Å². The summed E-state index contributed by atoms with van der Waals surface area (Å²) in [7, 11) is 0. The van der Waals surface area contributed by atoms with Gasteiger partial charge in [0.15, 0.2) is 5.82 Å². The van der Waals surface area contributed by atoms with E-state index in [9.17, 15) is 4.79 Å². The van der Waals surface area contributed by atoms with Gasteiger partial charge in [-0.3, -0.25) is 4.79 Å². The molecule has 3 rings (SSSR count). The number of aryl methyl sites for hydroxylation is 1. The zero-order chi connectivity index (χ0) is 18.1. The largest absolute Gasteiger partial charge is 0.306 e. The first-order valence-corrected chi connectivity index (χ1v) is 8.51. The Labute approximate surface area is 163 Å². The molecule has 9 heteroatoms. The van der Waals surface area contributed by atoms with Gasteiger partial charge in [0.1, 0.15) is 5.82 Å². The number of benzene rings is 1. The first-order chi connectivity index (χ1) is 11.8. The van der Waals surface area contributed by atoms with Crippen LogP contribution >= 0.6 is 46.4 Å². The molecular formula is C16H10Cl4N4O. The number of anilines is 1. The van der Waals surface area contributed by atoms with Gasteiger partial charge in [0.05, 0.1) is 26.3 Å². The molecule has 5 nitrogen and oxygen atoms in total. The molecule has 2 aromatic heterocycles. The Morgan fingerprint density at radius 2 is 1.80 bits per heavy atom. The first-order valence-electron chi connectivity index (χ1n) is 6.99. The Morgan fingerprint density at radius 3 is 2.52 bits per heavy atom. The van der Waals surface area contributed by atoms with E-state index in [4.69, 9.17) is 46.4 Å². The Balaban J connectivity index is 1.99. The van der Waals surface area contributed by atoms with E-state index in [2.05, 4.69) is 15.4 Å². The van der Waals surface area contributed by atoms with Crippen molar-refractivity contribution in [2.75, 3.05) is 5.32 Å². The highest BCUT2D eigenvalue weighted by Gasteiger charge is 2.17. The SMILES string of the molecule is Cc1cc(NC(=O)c2cc(Cl)ccc2Cl)n(-c2ncc(Cl)cc2Cl)n1. The molecule has 0 aliphatic carbocycles. The van der Waals surface area contributed by atoms with Crippen LogP contribution in [0.25, 0.3) is 5.82 Å². The van der Waals surface area contributed by atoms with Crippen LogP contribution in [-0.2, 0) is 0 Å².